The van der Waals surface area contributed by atoms with Gasteiger partial charge < -0.3 is 15.2 Å². The molecule has 1 unspecified atom stereocenters. The summed E-state index contributed by atoms with van der Waals surface area (Å²) in [7, 11) is 0. The number of anilines is 1. The summed E-state index contributed by atoms with van der Waals surface area (Å²) in [4.78, 5) is 21.7. The fourth-order valence-electron chi connectivity index (χ4n) is 3.74. The number of benzene rings is 1. The van der Waals surface area contributed by atoms with E-state index < -0.39 is 0 Å². The average molecular weight is 402 g/mol. The molecule has 4 aromatic rings. The molecule has 1 aliphatic heterocycles. The second kappa shape index (κ2) is 7.72. The van der Waals surface area contributed by atoms with Crippen LogP contribution in [0.4, 0.5) is 5.69 Å². The van der Waals surface area contributed by atoms with Crippen LogP contribution in [0.1, 0.15) is 47.2 Å². The second-order valence-corrected chi connectivity index (χ2v) is 7.51. The summed E-state index contributed by atoms with van der Waals surface area (Å²) in [6, 6.07) is 11.5. The van der Waals surface area contributed by atoms with Crippen molar-refractivity contribution < 1.29 is 9.32 Å². The first-order chi connectivity index (χ1) is 14.7. The number of pyridine rings is 1. The number of carbonyl (C=O) groups is 1. The molecular formula is C22H22N6O2. The first-order valence-corrected chi connectivity index (χ1v) is 10.1. The van der Waals surface area contributed by atoms with E-state index in [-0.39, 0.29) is 11.9 Å². The predicted molar refractivity (Wildman–Crippen MR) is 112 cm³/mol. The van der Waals surface area contributed by atoms with Gasteiger partial charge in [-0.05, 0) is 50.1 Å². The van der Waals surface area contributed by atoms with E-state index in [0.29, 0.717) is 23.1 Å². The Bertz CT molecular complexity index is 1210. The Morgan fingerprint density at radius 1 is 1.27 bits per heavy atom. The summed E-state index contributed by atoms with van der Waals surface area (Å²) in [5.74, 6) is 0.901. The summed E-state index contributed by atoms with van der Waals surface area (Å²) in [6.45, 7) is 2.91. The average Bonchev–Trinajstić information content (AvgIpc) is 3.43. The van der Waals surface area contributed by atoms with Crippen molar-refractivity contribution in [3.63, 3.8) is 0 Å². The highest BCUT2D eigenvalue weighted by Crippen LogP contribution is 2.27. The molecule has 1 saturated heterocycles. The van der Waals surface area contributed by atoms with Crippen LogP contribution in [-0.4, -0.2) is 32.0 Å². The molecule has 5 rings (SSSR count). The Labute approximate surface area is 173 Å². The van der Waals surface area contributed by atoms with Crippen LogP contribution in [0.2, 0.25) is 0 Å². The van der Waals surface area contributed by atoms with E-state index in [9.17, 15) is 4.79 Å². The van der Waals surface area contributed by atoms with Gasteiger partial charge in [0.25, 0.3) is 5.91 Å². The molecule has 3 aromatic heterocycles. The van der Waals surface area contributed by atoms with Crippen LogP contribution in [0.5, 0.6) is 0 Å². The lowest BCUT2D eigenvalue weighted by Gasteiger charge is -2.19. The van der Waals surface area contributed by atoms with Gasteiger partial charge in [0.2, 0.25) is 11.7 Å². The minimum atomic E-state index is -0.228. The lowest BCUT2D eigenvalue weighted by atomic mass is 10.1. The van der Waals surface area contributed by atoms with Crippen LogP contribution in [-0.2, 0) is 0 Å². The van der Waals surface area contributed by atoms with Crippen molar-refractivity contribution in [2.45, 2.75) is 32.2 Å². The summed E-state index contributed by atoms with van der Waals surface area (Å²) >= 11 is 0. The Hall–Kier alpha value is -3.52. The number of aromatic nitrogens is 4. The molecule has 152 valence electrons. The Kier molecular flexibility index (Phi) is 4.76. The molecule has 0 saturated carbocycles. The van der Waals surface area contributed by atoms with E-state index in [2.05, 4.69) is 25.8 Å². The summed E-state index contributed by atoms with van der Waals surface area (Å²) < 4.78 is 7.26. The van der Waals surface area contributed by atoms with Crippen molar-refractivity contribution in [3.05, 3.63) is 65.9 Å². The van der Waals surface area contributed by atoms with Crippen molar-refractivity contribution in [3.8, 4) is 11.4 Å². The van der Waals surface area contributed by atoms with Gasteiger partial charge in [0.1, 0.15) is 11.3 Å². The highest BCUT2D eigenvalue weighted by Gasteiger charge is 2.22. The van der Waals surface area contributed by atoms with E-state index in [0.717, 1.165) is 36.2 Å². The maximum Gasteiger partial charge on any atom is 0.274 e. The number of piperidine rings is 1. The van der Waals surface area contributed by atoms with E-state index >= 15 is 0 Å². The molecule has 1 fully saturated rings. The van der Waals surface area contributed by atoms with E-state index in [1.165, 1.54) is 6.42 Å². The number of imidazole rings is 1. The fourth-order valence-corrected chi connectivity index (χ4v) is 3.74. The first kappa shape index (κ1) is 18.5. The largest absolute Gasteiger partial charge is 0.337 e. The molecule has 0 spiro atoms. The van der Waals surface area contributed by atoms with Crippen molar-refractivity contribution in [2.75, 3.05) is 11.9 Å². The predicted octanol–water partition coefficient (Wildman–Crippen LogP) is 3.76. The van der Waals surface area contributed by atoms with Crippen LogP contribution >= 0.6 is 0 Å². The molecule has 0 aliphatic carbocycles. The van der Waals surface area contributed by atoms with Gasteiger partial charge in [-0.25, -0.2) is 4.98 Å². The monoisotopic (exact) mass is 402 g/mol. The lowest BCUT2D eigenvalue weighted by Crippen LogP contribution is -2.26. The standard InChI is InChI=1S/C22H22N6O2/c1-14-8-9-15(20-26-22(30-27-20)16-6-2-4-10-23-16)12-17(14)25-21(29)18-13-24-19-7-3-5-11-28(18)19/h3,5,7-9,11-13,16,23H,2,4,6,10H2,1H3,(H,25,29). The third kappa shape index (κ3) is 3.46. The number of hydrogen-bond acceptors (Lipinski definition) is 6. The minimum Gasteiger partial charge on any atom is -0.337 e. The number of hydrogen-bond donors (Lipinski definition) is 2. The van der Waals surface area contributed by atoms with Gasteiger partial charge in [0, 0.05) is 17.4 Å². The van der Waals surface area contributed by atoms with Crippen molar-refractivity contribution >= 4 is 17.2 Å². The number of nitrogens with zero attached hydrogens (tertiary/aromatic N) is 4. The van der Waals surface area contributed by atoms with Crippen molar-refractivity contribution in [1.29, 1.82) is 0 Å². The van der Waals surface area contributed by atoms with E-state index in [1.54, 1.807) is 10.6 Å². The summed E-state index contributed by atoms with van der Waals surface area (Å²) in [5, 5.41) is 10.6. The molecule has 1 aromatic carbocycles. The number of rotatable bonds is 4. The van der Waals surface area contributed by atoms with E-state index in [1.807, 2.05) is 49.5 Å². The number of fused-ring (bicyclic) bond motifs is 1. The smallest absolute Gasteiger partial charge is 0.274 e. The molecule has 1 atom stereocenters. The normalized spacial score (nSPS) is 16.6. The maximum atomic E-state index is 12.9. The highest BCUT2D eigenvalue weighted by molar-refractivity contribution is 6.04. The third-order valence-corrected chi connectivity index (χ3v) is 5.44. The molecule has 0 radical (unpaired) electrons. The zero-order chi connectivity index (χ0) is 20.5. The van der Waals surface area contributed by atoms with Crippen LogP contribution in [0.15, 0.2) is 53.3 Å². The van der Waals surface area contributed by atoms with Gasteiger partial charge in [-0.15, -0.1) is 0 Å². The van der Waals surface area contributed by atoms with Crippen LogP contribution in [0.25, 0.3) is 17.0 Å². The van der Waals surface area contributed by atoms with Crippen molar-refractivity contribution in [2.24, 2.45) is 0 Å². The van der Waals surface area contributed by atoms with Gasteiger partial charge in [-0.1, -0.05) is 29.8 Å². The maximum absolute atomic E-state index is 12.9. The van der Waals surface area contributed by atoms with Gasteiger partial charge >= 0.3 is 0 Å². The lowest BCUT2D eigenvalue weighted by molar-refractivity contribution is 0.102. The third-order valence-electron chi connectivity index (χ3n) is 5.44. The molecule has 1 aliphatic rings. The van der Waals surface area contributed by atoms with Crippen molar-refractivity contribution in [1.82, 2.24) is 24.8 Å². The molecule has 1 amide bonds. The molecule has 30 heavy (non-hydrogen) atoms. The Morgan fingerprint density at radius 2 is 2.20 bits per heavy atom. The number of carbonyl (C=O) groups excluding carboxylic acids is 1. The van der Waals surface area contributed by atoms with Gasteiger partial charge in [-0.2, -0.15) is 4.98 Å². The van der Waals surface area contributed by atoms with E-state index in [4.69, 9.17) is 4.52 Å². The SMILES string of the molecule is Cc1ccc(-c2noc(C3CCCCN3)n2)cc1NC(=O)c1cnc2ccccn12. The zero-order valence-corrected chi connectivity index (χ0v) is 16.6. The van der Waals surface area contributed by atoms with Gasteiger partial charge in [0.15, 0.2) is 0 Å². The second-order valence-electron chi connectivity index (χ2n) is 7.51. The Balaban J connectivity index is 1.40. The molecule has 4 heterocycles. The quantitative estimate of drug-likeness (QED) is 0.539. The van der Waals surface area contributed by atoms with Crippen LogP contribution in [0.3, 0.4) is 0 Å². The van der Waals surface area contributed by atoms with Gasteiger partial charge in [0.05, 0.1) is 12.2 Å². The molecular weight excluding hydrogens is 380 g/mol. The topological polar surface area (TPSA) is 97.4 Å². The molecule has 8 nitrogen and oxygen atoms in total. The van der Waals surface area contributed by atoms with Crippen LogP contribution in [0, 0.1) is 6.92 Å². The van der Waals surface area contributed by atoms with Gasteiger partial charge in [-0.3, -0.25) is 9.20 Å². The number of aryl methyl sites for hydroxylation is 1. The van der Waals surface area contributed by atoms with Crippen LogP contribution < -0.4 is 10.6 Å². The summed E-state index contributed by atoms with van der Waals surface area (Å²) in [5.41, 5.74) is 3.63. The molecule has 8 heteroatoms. The molecule has 2 N–H and O–H groups in total. The number of nitrogens with one attached hydrogen (secondary N) is 2. The first-order valence-electron chi connectivity index (χ1n) is 10.1. The zero-order valence-electron chi connectivity index (χ0n) is 16.6. The minimum absolute atomic E-state index is 0.111. The highest BCUT2D eigenvalue weighted by atomic mass is 16.5. The fraction of sp³-hybridized carbons (Fsp3) is 0.273. The Morgan fingerprint density at radius 3 is 3.07 bits per heavy atom. The molecule has 0 bridgehead atoms. The number of amides is 1. The summed E-state index contributed by atoms with van der Waals surface area (Å²) in [6.07, 6.45) is 6.72.